The lowest BCUT2D eigenvalue weighted by Gasteiger charge is -2.40. The van der Waals surface area contributed by atoms with Crippen molar-refractivity contribution >= 4 is 34.3 Å². The summed E-state index contributed by atoms with van der Waals surface area (Å²) >= 11 is 0. The van der Waals surface area contributed by atoms with E-state index in [-0.39, 0.29) is 11.9 Å². The third-order valence-corrected chi connectivity index (χ3v) is 8.13. The van der Waals surface area contributed by atoms with Gasteiger partial charge in [-0.2, -0.15) is 0 Å². The van der Waals surface area contributed by atoms with Crippen molar-refractivity contribution in [1.82, 2.24) is 0 Å². The van der Waals surface area contributed by atoms with Gasteiger partial charge in [-0.3, -0.25) is 0 Å². The molecule has 0 spiro atoms. The second-order valence-electron chi connectivity index (χ2n) is 10.5. The third-order valence-electron chi connectivity index (χ3n) is 8.13. The van der Waals surface area contributed by atoms with E-state index in [2.05, 4.69) is 19.2 Å². The molecular formula is C30H30O6. The number of esters is 2. The van der Waals surface area contributed by atoms with E-state index in [9.17, 15) is 9.59 Å². The first-order valence-corrected chi connectivity index (χ1v) is 12.8. The molecule has 0 aliphatic heterocycles. The number of ether oxygens (including phenoxy) is 2. The van der Waals surface area contributed by atoms with Crippen molar-refractivity contribution in [2.24, 2.45) is 0 Å². The molecule has 36 heavy (non-hydrogen) atoms. The quantitative estimate of drug-likeness (QED) is 0.203. The summed E-state index contributed by atoms with van der Waals surface area (Å²) in [5.41, 5.74) is 4.98. The van der Waals surface area contributed by atoms with Crippen LogP contribution < -0.4 is 0 Å². The van der Waals surface area contributed by atoms with E-state index >= 15 is 0 Å². The van der Waals surface area contributed by atoms with Crippen molar-refractivity contribution in [3.8, 4) is 0 Å². The van der Waals surface area contributed by atoms with Crippen molar-refractivity contribution in [3.63, 3.8) is 0 Å². The minimum Gasteiger partial charge on any atom is -0.457 e. The SMILES string of the molecule is C=CC(=O)OC1(c2cc3ccc2o3)CCCC(c2cc3cc(C4(OC(=O)C(=C)C)CCCC4)c2o3)C1. The van der Waals surface area contributed by atoms with Crippen molar-refractivity contribution in [3.05, 3.63) is 71.8 Å². The number of furan rings is 4. The van der Waals surface area contributed by atoms with Gasteiger partial charge in [0.25, 0.3) is 0 Å². The molecule has 6 rings (SSSR count). The fourth-order valence-electron chi connectivity index (χ4n) is 6.47. The standard InChI is InChI=1S/C30H30O6/c1-4-26(31)35-30(23-15-20-9-10-25(23)33-20)13-7-8-19(17-30)22-14-21-16-24(27(22)34-21)29(11-5-6-12-29)36-28(32)18(2)3/h4,9-10,14-16,19H,1-2,5-8,11-13,17H2,3H3. The van der Waals surface area contributed by atoms with Crippen LogP contribution >= 0.6 is 0 Å². The first kappa shape index (κ1) is 22.9. The number of hydrogen-bond acceptors (Lipinski definition) is 6. The molecule has 4 aromatic rings. The van der Waals surface area contributed by atoms with Gasteiger partial charge in [0.15, 0.2) is 0 Å². The van der Waals surface area contributed by atoms with E-state index in [0.29, 0.717) is 18.4 Å². The lowest BCUT2D eigenvalue weighted by Crippen LogP contribution is -2.37. The molecule has 4 bridgehead atoms. The Hall–Kier alpha value is -3.54. The molecule has 4 aromatic heterocycles. The topological polar surface area (TPSA) is 78.9 Å². The van der Waals surface area contributed by atoms with Gasteiger partial charge >= 0.3 is 11.9 Å². The maximum absolute atomic E-state index is 12.6. The van der Waals surface area contributed by atoms with Gasteiger partial charge < -0.3 is 18.3 Å². The number of fused-ring (bicyclic) bond motifs is 4. The fourth-order valence-corrected chi connectivity index (χ4v) is 6.47. The molecule has 2 atom stereocenters. The first-order valence-electron chi connectivity index (χ1n) is 12.8. The van der Waals surface area contributed by atoms with Crippen LogP contribution in [0.5, 0.6) is 0 Å². The Balaban J connectivity index is 1.38. The van der Waals surface area contributed by atoms with Gasteiger partial charge in [-0.15, -0.1) is 0 Å². The molecule has 4 heterocycles. The van der Waals surface area contributed by atoms with Gasteiger partial charge in [0.1, 0.15) is 33.5 Å². The lowest BCUT2D eigenvalue weighted by atomic mass is 9.71. The average molecular weight is 487 g/mol. The number of carbonyl (C=O) groups excluding carboxylic acids is 2. The molecule has 2 aliphatic rings. The van der Waals surface area contributed by atoms with Gasteiger partial charge in [-0.1, -0.05) is 13.2 Å². The zero-order valence-electron chi connectivity index (χ0n) is 20.6. The summed E-state index contributed by atoms with van der Waals surface area (Å²) in [6.45, 7) is 9.06. The van der Waals surface area contributed by atoms with Crippen LogP contribution in [0, 0.1) is 0 Å². The maximum atomic E-state index is 12.6. The van der Waals surface area contributed by atoms with Gasteiger partial charge in [-0.25, -0.2) is 9.59 Å². The fraction of sp³-hybridized carbons (Fsp3) is 0.400. The largest absolute Gasteiger partial charge is 0.457 e. The predicted octanol–water partition coefficient (Wildman–Crippen LogP) is 7.23. The van der Waals surface area contributed by atoms with Crippen LogP contribution in [0.1, 0.15) is 80.9 Å². The number of carbonyl (C=O) groups is 2. The Kier molecular flexibility index (Phi) is 5.25. The van der Waals surface area contributed by atoms with Gasteiger partial charge in [-0.05, 0) is 94.5 Å². The molecular weight excluding hydrogens is 456 g/mol. The molecule has 186 valence electrons. The van der Waals surface area contributed by atoms with Crippen LogP contribution in [-0.2, 0) is 30.3 Å². The van der Waals surface area contributed by atoms with Gasteiger partial charge in [0, 0.05) is 28.3 Å². The number of rotatable bonds is 7. The molecule has 2 saturated carbocycles. The summed E-state index contributed by atoms with van der Waals surface area (Å²) in [6.07, 6.45) is 7.90. The van der Waals surface area contributed by atoms with E-state index in [1.54, 1.807) is 6.92 Å². The monoisotopic (exact) mass is 486 g/mol. The normalized spacial score (nSPS) is 23.9. The van der Waals surface area contributed by atoms with Crippen molar-refractivity contribution in [1.29, 1.82) is 0 Å². The third kappa shape index (κ3) is 3.54. The summed E-state index contributed by atoms with van der Waals surface area (Å²) in [5.74, 6) is -0.695. The van der Waals surface area contributed by atoms with Crippen LogP contribution in [-0.4, -0.2) is 11.9 Å². The Morgan fingerprint density at radius 1 is 0.972 bits per heavy atom. The van der Waals surface area contributed by atoms with E-state index in [4.69, 9.17) is 18.3 Å². The molecule has 0 radical (unpaired) electrons. The first-order chi connectivity index (χ1) is 17.3. The van der Waals surface area contributed by atoms with Crippen LogP contribution in [0.4, 0.5) is 0 Å². The zero-order valence-corrected chi connectivity index (χ0v) is 20.6. The second kappa shape index (κ2) is 8.26. The molecule has 6 nitrogen and oxygen atoms in total. The summed E-state index contributed by atoms with van der Waals surface area (Å²) in [6, 6.07) is 9.95. The highest BCUT2D eigenvalue weighted by Gasteiger charge is 2.47. The highest BCUT2D eigenvalue weighted by atomic mass is 16.6. The van der Waals surface area contributed by atoms with Crippen molar-refractivity contribution in [2.75, 3.05) is 0 Å². The van der Waals surface area contributed by atoms with E-state index < -0.39 is 17.2 Å². The maximum Gasteiger partial charge on any atom is 0.334 e. The second-order valence-corrected chi connectivity index (χ2v) is 10.5. The van der Waals surface area contributed by atoms with Crippen LogP contribution in [0.25, 0.3) is 22.3 Å². The molecule has 0 saturated heterocycles. The highest BCUT2D eigenvalue weighted by molar-refractivity contribution is 5.88. The number of hydrogen-bond donors (Lipinski definition) is 0. The molecule has 0 N–H and O–H groups in total. The van der Waals surface area contributed by atoms with Gasteiger partial charge in [0.2, 0.25) is 0 Å². The Bertz CT molecular complexity index is 1450. The predicted molar refractivity (Wildman–Crippen MR) is 135 cm³/mol. The lowest BCUT2D eigenvalue weighted by molar-refractivity contribution is -0.159. The van der Waals surface area contributed by atoms with Crippen LogP contribution in [0.2, 0.25) is 0 Å². The molecule has 0 amide bonds. The van der Waals surface area contributed by atoms with Crippen molar-refractivity contribution < 1.29 is 27.9 Å². The van der Waals surface area contributed by atoms with Gasteiger partial charge in [0.05, 0.1) is 0 Å². The Morgan fingerprint density at radius 2 is 1.72 bits per heavy atom. The van der Waals surface area contributed by atoms with Crippen molar-refractivity contribution in [2.45, 2.75) is 75.4 Å². The molecule has 0 aromatic carbocycles. The Morgan fingerprint density at radius 3 is 2.36 bits per heavy atom. The van der Waals surface area contributed by atoms with E-state index in [1.165, 1.54) is 6.08 Å². The minimum absolute atomic E-state index is 0.109. The average Bonchev–Trinajstić information content (AvgIpc) is 3.70. The summed E-state index contributed by atoms with van der Waals surface area (Å²) in [4.78, 5) is 25.0. The molecule has 2 fully saturated rings. The highest BCUT2D eigenvalue weighted by Crippen LogP contribution is 2.53. The van der Waals surface area contributed by atoms with E-state index in [1.807, 2.05) is 24.3 Å². The van der Waals surface area contributed by atoms with Crippen LogP contribution in [0.15, 0.2) is 64.0 Å². The summed E-state index contributed by atoms with van der Waals surface area (Å²) in [7, 11) is 0. The number of benzene rings is 2. The Labute approximate surface area is 209 Å². The molecule has 2 unspecified atom stereocenters. The summed E-state index contributed by atoms with van der Waals surface area (Å²) < 4.78 is 24.3. The summed E-state index contributed by atoms with van der Waals surface area (Å²) in [5, 5.41) is 0. The smallest absolute Gasteiger partial charge is 0.334 e. The zero-order chi connectivity index (χ0) is 25.1. The van der Waals surface area contributed by atoms with E-state index in [0.717, 1.165) is 77.5 Å². The minimum atomic E-state index is -0.800. The van der Waals surface area contributed by atoms with Crippen LogP contribution in [0.3, 0.4) is 0 Å². The molecule has 6 heteroatoms. The molecule has 2 aliphatic carbocycles.